The average molecular weight is 313 g/mol. The first-order valence-corrected chi connectivity index (χ1v) is 7.94. The summed E-state index contributed by atoms with van der Waals surface area (Å²) in [5, 5.41) is 5.99. The topological polar surface area (TPSA) is 57.5 Å². The fourth-order valence-corrected chi connectivity index (χ4v) is 2.85. The van der Waals surface area contributed by atoms with Gasteiger partial charge in [-0.25, -0.2) is 4.79 Å². The van der Waals surface area contributed by atoms with Crippen LogP contribution in [0.5, 0.6) is 0 Å². The first-order valence-electron chi connectivity index (χ1n) is 7.94. The molecule has 1 fully saturated rings. The first-order chi connectivity index (χ1) is 11.1. The van der Waals surface area contributed by atoms with Crippen molar-refractivity contribution in [1.29, 1.82) is 0 Å². The molecule has 2 aromatic rings. The average Bonchev–Trinajstić information content (AvgIpc) is 3.09. The van der Waals surface area contributed by atoms with Gasteiger partial charge >= 0.3 is 6.03 Å². The molecule has 0 saturated heterocycles. The third kappa shape index (κ3) is 3.93. The summed E-state index contributed by atoms with van der Waals surface area (Å²) in [7, 11) is 3.94. The van der Waals surface area contributed by atoms with Gasteiger partial charge in [0.1, 0.15) is 5.76 Å². The molecule has 3 atom stereocenters. The number of nitrogens with one attached hydrogen (secondary N) is 2. The van der Waals surface area contributed by atoms with Crippen LogP contribution in [0.4, 0.5) is 4.79 Å². The van der Waals surface area contributed by atoms with Gasteiger partial charge in [-0.15, -0.1) is 0 Å². The maximum atomic E-state index is 12.1. The molecule has 0 spiro atoms. The Morgan fingerprint density at radius 1 is 1.26 bits per heavy atom. The Morgan fingerprint density at radius 3 is 2.70 bits per heavy atom. The lowest BCUT2D eigenvalue weighted by Crippen LogP contribution is -2.41. The van der Waals surface area contributed by atoms with Gasteiger partial charge < -0.3 is 15.1 Å². The first kappa shape index (κ1) is 15.6. The highest BCUT2D eigenvalue weighted by Gasteiger charge is 2.39. The molecule has 1 aliphatic carbocycles. The van der Waals surface area contributed by atoms with E-state index in [9.17, 15) is 4.79 Å². The Morgan fingerprint density at radius 2 is 2.04 bits per heavy atom. The molecule has 3 unspecified atom stereocenters. The number of likely N-dealkylation sites (N-methyl/N-ethyl adjacent to an activating group) is 1. The summed E-state index contributed by atoms with van der Waals surface area (Å²) in [5.41, 5.74) is 1.29. The van der Waals surface area contributed by atoms with E-state index in [2.05, 4.69) is 22.8 Å². The fourth-order valence-electron chi connectivity index (χ4n) is 2.85. The van der Waals surface area contributed by atoms with Crippen LogP contribution < -0.4 is 10.6 Å². The van der Waals surface area contributed by atoms with Gasteiger partial charge in [0.15, 0.2) is 0 Å². The number of hydrogen-bond donors (Lipinski definition) is 2. The minimum Gasteiger partial charge on any atom is -0.468 e. The van der Waals surface area contributed by atoms with Crippen LogP contribution in [0, 0.1) is 0 Å². The van der Waals surface area contributed by atoms with Crippen molar-refractivity contribution in [2.45, 2.75) is 24.4 Å². The number of hydrogen-bond acceptors (Lipinski definition) is 3. The number of urea groups is 1. The van der Waals surface area contributed by atoms with Gasteiger partial charge in [-0.3, -0.25) is 4.90 Å². The standard InChI is InChI=1S/C18H23N3O2/c1-21(2)16(17-9-6-10-23-17)12-19-18(22)20-15-11-14(15)13-7-4-3-5-8-13/h3-10,14-16H,11-12H2,1-2H3,(H2,19,20,22). The quantitative estimate of drug-likeness (QED) is 0.862. The number of furan rings is 1. The lowest BCUT2D eigenvalue weighted by atomic mass is 10.1. The lowest BCUT2D eigenvalue weighted by Gasteiger charge is -2.22. The predicted molar refractivity (Wildman–Crippen MR) is 89.3 cm³/mol. The van der Waals surface area contributed by atoms with E-state index in [1.165, 1.54) is 5.56 Å². The third-order valence-electron chi connectivity index (χ3n) is 4.29. The number of amides is 2. The van der Waals surface area contributed by atoms with E-state index in [4.69, 9.17) is 4.42 Å². The zero-order valence-corrected chi connectivity index (χ0v) is 13.5. The second-order valence-electron chi connectivity index (χ2n) is 6.21. The summed E-state index contributed by atoms with van der Waals surface area (Å²) in [6, 6.07) is 14.2. The second-order valence-corrected chi connectivity index (χ2v) is 6.21. The molecule has 23 heavy (non-hydrogen) atoms. The van der Waals surface area contributed by atoms with Gasteiger partial charge in [0, 0.05) is 18.5 Å². The third-order valence-corrected chi connectivity index (χ3v) is 4.29. The van der Waals surface area contributed by atoms with Crippen LogP contribution in [0.3, 0.4) is 0 Å². The highest BCUT2D eigenvalue weighted by atomic mass is 16.3. The van der Waals surface area contributed by atoms with E-state index in [-0.39, 0.29) is 18.1 Å². The number of carbonyl (C=O) groups excluding carboxylic acids is 1. The number of carbonyl (C=O) groups is 1. The highest BCUT2D eigenvalue weighted by Crippen LogP contribution is 2.40. The van der Waals surface area contributed by atoms with E-state index < -0.39 is 0 Å². The zero-order valence-electron chi connectivity index (χ0n) is 13.5. The number of rotatable bonds is 6. The summed E-state index contributed by atoms with van der Waals surface area (Å²) in [6.45, 7) is 0.509. The van der Waals surface area contributed by atoms with Crippen LogP contribution in [-0.2, 0) is 0 Å². The summed E-state index contributed by atoms with van der Waals surface area (Å²) in [4.78, 5) is 14.1. The SMILES string of the molecule is CN(C)C(CNC(=O)NC1CC1c1ccccc1)c1ccco1. The Bertz CT molecular complexity index is 625. The molecule has 1 heterocycles. The van der Waals surface area contributed by atoms with Gasteiger partial charge in [-0.2, -0.15) is 0 Å². The fraction of sp³-hybridized carbons (Fsp3) is 0.389. The molecule has 2 N–H and O–H groups in total. The highest BCUT2D eigenvalue weighted by molar-refractivity contribution is 5.75. The smallest absolute Gasteiger partial charge is 0.315 e. The van der Waals surface area contributed by atoms with Crippen LogP contribution in [0.15, 0.2) is 53.1 Å². The second kappa shape index (κ2) is 6.87. The molecule has 1 aliphatic rings. The van der Waals surface area contributed by atoms with Gasteiger partial charge in [-0.1, -0.05) is 30.3 Å². The van der Waals surface area contributed by atoms with Crippen LogP contribution in [0.2, 0.25) is 0 Å². The van der Waals surface area contributed by atoms with Crippen LogP contribution in [-0.4, -0.2) is 37.6 Å². The Kier molecular flexibility index (Phi) is 4.67. The van der Waals surface area contributed by atoms with Gasteiger partial charge in [-0.05, 0) is 38.2 Å². The largest absolute Gasteiger partial charge is 0.468 e. The van der Waals surface area contributed by atoms with Crippen molar-refractivity contribution in [3.63, 3.8) is 0 Å². The molecule has 3 rings (SSSR count). The summed E-state index contributed by atoms with van der Waals surface area (Å²) < 4.78 is 5.44. The number of nitrogens with zero attached hydrogens (tertiary/aromatic N) is 1. The zero-order chi connectivity index (χ0) is 16.2. The van der Waals surface area contributed by atoms with E-state index in [0.29, 0.717) is 12.5 Å². The van der Waals surface area contributed by atoms with Crippen molar-refractivity contribution in [1.82, 2.24) is 15.5 Å². The summed E-state index contributed by atoms with van der Waals surface area (Å²) in [5.74, 6) is 1.29. The van der Waals surface area contributed by atoms with Crippen molar-refractivity contribution < 1.29 is 9.21 Å². The maximum absolute atomic E-state index is 12.1. The van der Waals surface area contributed by atoms with E-state index in [1.807, 2.05) is 49.3 Å². The molecule has 5 heteroatoms. The van der Waals surface area contributed by atoms with Crippen molar-refractivity contribution in [2.24, 2.45) is 0 Å². The summed E-state index contributed by atoms with van der Waals surface area (Å²) in [6.07, 6.45) is 2.66. The molecule has 1 saturated carbocycles. The van der Waals surface area contributed by atoms with Crippen LogP contribution in [0.1, 0.15) is 29.7 Å². The molecule has 1 aromatic heterocycles. The lowest BCUT2D eigenvalue weighted by molar-refractivity contribution is 0.225. The van der Waals surface area contributed by atoms with Crippen LogP contribution in [0.25, 0.3) is 0 Å². The minimum atomic E-state index is -0.119. The van der Waals surface area contributed by atoms with E-state index in [0.717, 1.165) is 12.2 Å². The van der Waals surface area contributed by atoms with Crippen molar-refractivity contribution in [3.05, 3.63) is 60.1 Å². The molecular formula is C18H23N3O2. The Hall–Kier alpha value is -2.27. The molecule has 5 nitrogen and oxygen atoms in total. The molecular weight excluding hydrogens is 290 g/mol. The molecule has 0 bridgehead atoms. The monoisotopic (exact) mass is 313 g/mol. The molecule has 1 aromatic carbocycles. The Balaban J connectivity index is 1.47. The maximum Gasteiger partial charge on any atom is 0.315 e. The van der Waals surface area contributed by atoms with E-state index in [1.54, 1.807) is 6.26 Å². The van der Waals surface area contributed by atoms with Crippen molar-refractivity contribution in [3.8, 4) is 0 Å². The van der Waals surface area contributed by atoms with Gasteiger partial charge in [0.05, 0.1) is 12.3 Å². The minimum absolute atomic E-state index is 0.0277. The van der Waals surface area contributed by atoms with Gasteiger partial charge in [0.25, 0.3) is 0 Å². The van der Waals surface area contributed by atoms with E-state index >= 15 is 0 Å². The van der Waals surface area contributed by atoms with Gasteiger partial charge in [0.2, 0.25) is 0 Å². The van der Waals surface area contributed by atoms with Crippen LogP contribution >= 0.6 is 0 Å². The predicted octanol–water partition coefficient (Wildman–Crippen LogP) is 2.74. The number of benzene rings is 1. The molecule has 2 amide bonds. The Labute approximate surface area is 136 Å². The molecule has 122 valence electrons. The summed E-state index contributed by atoms with van der Waals surface area (Å²) >= 11 is 0. The van der Waals surface area contributed by atoms with Crippen molar-refractivity contribution >= 4 is 6.03 Å². The van der Waals surface area contributed by atoms with Crippen molar-refractivity contribution in [2.75, 3.05) is 20.6 Å². The molecule has 0 radical (unpaired) electrons. The normalized spacial score (nSPS) is 21.0. The molecule has 0 aliphatic heterocycles.